The highest BCUT2D eigenvalue weighted by Crippen LogP contribution is 2.56. The Balaban J connectivity index is 1.94. The Bertz CT molecular complexity index is 1380. The van der Waals surface area contributed by atoms with Crippen LogP contribution in [-0.4, -0.2) is 44.2 Å². The lowest BCUT2D eigenvalue weighted by Crippen LogP contribution is -2.52. The summed E-state index contributed by atoms with van der Waals surface area (Å²) >= 11 is 0. The number of halogens is 10. The highest BCUT2D eigenvalue weighted by molar-refractivity contribution is 7.92. The maximum Gasteiger partial charge on any atom is 0.435 e. The summed E-state index contributed by atoms with van der Waals surface area (Å²) in [5.41, 5.74) is -9.23. The largest absolute Gasteiger partial charge is 0.435 e. The van der Waals surface area contributed by atoms with E-state index < -0.39 is 66.8 Å². The standard InChI is InChI=1S/C24H19F10NO3S/c1-13(36)35-11-10-20(39(37,38)17-6-3-15(4-7-17)22(26,27)28)18-8-5-16(12-14(18)2-9-19(20)35)21(25,23(29,30)31)24(32,33)34/h3-8,12,19H,2,9-11H2,1H3. The van der Waals surface area contributed by atoms with Crippen LogP contribution in [0.15, 0.2) is 47.4 Å². The van der Waals surface area contributed by atoms with Gasteiger partial charge in [-0.1, -0.05) is 18.2 Å². The highest BCUT2D eigenvalue weighted by atomic mass is 32.2. The molecule has 0 spiro atoms. The van der Waals surface area contributed by atoms with Crippen molar-refractivity contribution in [2.75, 3.05) is 6.54 Å². The molecule has 2 atom stereocenters. The smallest absolute Gasteiger partial charge is 0.338 e. The van der Waals surface area contributed by atoms with Crippen LogP contribution in [0.5, 0.6) is 0 Å². The zero-order valence-corrected chi connectivity index (χ0v) is 20.6. The molecular weight excluding hydrogens is 572 g/mol. The first-order chi connectivity index (χ1) is 17.7. The Labute approximate surface area is 215 Å². The third kappa shape index (κ3) is 4.18. The van der Waals surface area contributed by atoms with E-state index in [4.69, 9.17) is 0 Å². The zero-order valence-electron chi connectivity index (χ0n) is 19.8. The van der Waals surface area contributed by atoms with Crippen LogP contribution in [0.3, 0.4) is 0 Å². The van der Waals surface area contributed by atoms with E-state index >= 15 is 0 Å². The summed E-state index contributed by atoms with van der Waals surface area (Å²) in [4.78, 5) is 12.9. The summed E-state index contributed by atoms with van der Waals surface area (Å²) in [5, 5.41) is 0. The number of alkyl halides is 10. The maximum atomic E-state index is 14.8. The van der Waals surface area contributed by atoms with Gasteiger partial charge in [0.2, 0.25) is 5.91 Å². The molecular formula is C24H19F10NO3S. The van der Waals surface area contributed by atoms with Crippen molar-refractivity contribution in [2.45, 2.75) is 66.1 Å². The van der Waals surface area contributed by atoms with E-state index in [1.807, 2.05) is 0 Å². The number of carbonyl (C=O) groups is 1. The van der Waals surface area contributed by atoms with Crippen LogP contribution in [0, 0.1) is 0 Å². The first-order valence-electron chi connectivity index (χ1n) is 11.3. The van der Waals surface area contributed by atoms with Crippen molar-refractivity contribution in [3.63, 3.8) is 0 Å². The third-order valence-electron chi connectivity index (χ3n) is 7.44. The van der Waals surface area contributed by atoms with Gasteiger partial charge in [-0.25, -0.2) is 12.8 Å². The molecule has 1 aliphatic heterocycles. The molecule has 39 heavy (non-hydrogen) atoms. The topological polar surface area (TPSA) is 54.5 Å². The van der Waals surface area contributed by atoms with Crippen molar-refractivity contribution in [1.82, 2.24) is 4.90 Å². The predicted molar refractivity (Wildman–Crippen MR) is 116 cm³/mol. The van der Waals surface area contributed by atoms with Crippen LogP contribution in [0.4, 0.5) is 43.9 Å². The van der Waals surface area contributed by atoms with Crippen LogP contribution in [0.1, 0.15) is 42.0 Å². The van der Waals surface area contributed by atoms with Crippen molar-refractivity contribution >= 4 is 15.7 Å². The predicted octanol–water partition coefficient (Wildman–Crippen LogP) is 6.23. The lowest BCUT2D eigenvalue weighted by molar-refractivity contribution is -0.348. The average molecular weight is 591 g/mol. The Kier molecular flexibility index (Phi) is 6.60. The van der Waals surface area contributed by atoms with Gasteiger partial charge in [-0.2, -0.15) is 39.5 Å². The molecule has 1 aliphatic carbocycles. The SMILES string of the molecule is CC(=O)N1CCC2(S(=O)(=O)c3ccc(C(F)(F)F)cc3)c3ccc(C(F)(C(F)(F)F)C(F)(F)F)cc3CCC12. The molecule has 1 heterocycles. The first-order valence-corrected chi connectivity index (χ1v) is 12.8. The van der Waals surface area contributed by atoms with Crippen LogP contribution in [0.2, 0.25) is 0 Å². The van der Waals surface area contributed by atoms with Gasteiger partial charge in [0.25, 0.3) is 0 Å². The molecule has 0 saturated carbocycles. The number of carbonyl (C=O) groups excluding carboxylic acids is 1. The number of aryl methyl sites for hydroxylation is 1. The van der Waals surface area contributed by atoms with E-state index in [-0.39, 0.29) is 43.0 Å². The number of fused-ring (bicyclic) bond motifs is 3. The number of benzene rings is 2. The van der Waals surface area contributed by atoms with Gasteiger partial charge in [0.1, 0.15) is 4.75 Å². The maximum absolute atomic E-state index is 14.8. The third-order valence-corrected chi connectivity index (χ3v) is 9.99. The zero-order chi connectivity index (χ0) is 29.4. The van der Waals surface area contributed by atoms with E-state index in [9.17, 15) is 57.1 Å². The highest BCUT2D eigenvalue weighted by Gasteiger charge is 2.73. The minimum absolute atomic E-state index is 0.154. The Morgan fingerprint density at radius 1 is 0.872 bits per heavy atom. The van der Waals surface area contributed by atoms with Gasteiger partial charge in [0, 0.05) is 19.0 Å². The summed E-state index contributed by atoms with van der Waals surface area (Å²) < 4.78 is 160. The van der Waals surface area contributed by atoms with E-state index in [1.54, 1.807) is 0 Å². The van der Waals surface area contributed by atoms with Crippen LogP contribution in [-0.2, 0) is 37.6 Å². The lowest BCUT2D eigenvalue weighted by Gasteiger charge is -2.43. The monoisotopic (exact) mass is 591 g/mol. The van der Waals surface area contributed by atoms with Crippen LogP contribution < -0.4 is 0 Å². The molecule has 214 valence electrons. The van der Waals surface area contributed by atoms with Crippen LogP contribution >= 0.6 is 0 Å². The molecule has 4 rings (SSSR count). The van der Waals surface area contributed by atoms with Gasteiger partial charge in [0.05, 0.1) is 16.5 Å². The fourth-order valence-electron chi connectivity index (χ4n) is 5.64. The molecule has 1 amide bonds. The van der Waals surface area contributed by atoms with Gasteiger partial charge in [0.15, 0.2) is 9.84 Å². The summed E-state index contributed by atoms with van der Waals surface area (Å²) in [5.74, 6) is -0.554. The first kappa shape index (κ1) is 29.2. The van der Waals surface area contributed by atoms with Crippen molar-refractivity contribution in [3.8, 4) is 0 Å². The summed E-state index contributed by atoms with van der Waals surface area (Å²) in [6, 6.07) is 2.52. The molecule has 1 saturated heterocycles. The second kappa shape index (κ2) is 8.83. The van der Waals surface area contributed by atoms with Crippen molar-refractivity contribution in [3.05, 3.63) is 64.7 Å². The minimum Gasteiger partial charge on any atom is -0.338 e. The van der Waals surface area contributed by atoms with Crippen LogP contribution in [0.25, 0.3) is 0 Å². The van der Waals surface area contributed by atoms with Gasteiger partial charge in [-0.3, -0.25) is 4.79 Å². The number of hydrogen-bond donors (Lipinski definition) is 0. The molecule has 2 aliphatic rings. The lowest BCUT2D eigenvalue weighted by atomic mass is 9.77. The van der Waals surface area contributed by atoms with E-state index in [1.165, 1.54) is 4.90 Å². The molecule has 0 bridgehead atoms. The number of sulfone groups is 1. The number of rotatable bonds is 3. The number of likely N-dealkylation sites (tertiary alicyclic amines) is 1. The van der Waals surface area contributed by atoms with E-state index in [2.05, 4.69) is 0 Å². The molecule has 0 aromatic heterocycles. The molecule has 15 heteroatoms. The number of hydrogen-bond acceptors (Lipinski definition) is 3. The van der Waals surface area contributed by atoms with Crippen molar-refractivity contribution < 1.29 is 57.1 Å². The normalized spacial score (nSPS) is 22.4. The quantitative estimate of drug-likeness (QED) is 0.398. The van der Waals surface area contributed by atoms with Crippen molar-refractivity contribution in [1.29, 1.82) is 0 Å². The van der Waals surface area contributed by atoms with E-state index in [0.717, 1.165) is 6.92 Å². The average Bonchev–Trinajstić information content (AvgIpc) is 3.23. The molecule has 0 N–H and O–H groups in total. The number of nitrogens with zero attached hydrogens (tertiary/aromatic N) is 1. The molecule has 4 nitrogen and oxygen atoms in total. The number of amides is 1. The fourth-order valence-corrected chi connectivity index (χ4v) is 8.01. The minimum atomic E-state index is -6.39. The van der Waals surface area contributed by atoms with Gasteiger partial charge < -0.3 is 4.90 Å². The molecule has 0 radical (unpaired) electrons. The van der Waals surface area contributed by atoms with Gasteiger partial charge in [-0.15, -0.1) is 0 Å². The summed E-state index contributed by atoms with van der Waals surface area (Å²) in [7, 11) is -4.71. The van der Waals surface area contributed by atoms with Gasteiger partial charge >= 0.3 is 24.2 Å². The fraction of sp³-hybridized carbons (Fsp3) is 0.458. The summed E-state index contributed by atoms with van der Waals surface area (Å²) in [6.07, 6.45) is -18.4. The molecule has 2 aromatic carbocycles. The second-order valence-electron chi connectivity index (χ2n) is 9.46. The molecule has 1 fully saturated rings. The summed E-state index contributed by atoms with van der Waals surface area (Å²) in [6.45, 7) is 0.989. The Morgan fingerprint density at radius 2 is 1.41 bits per heavy atom. The molecule has 2 aromatic rings. The van der Waals surface area contributed by atoms with E-state index in [0.29, 0.717) is 36.4 Å². The Hall–Kier alpha value is -2.84. The molecule has 2 unspecified atom stereocenters. The second-order valence-corrected chi connectivity index (χ2v) is 11.7. The Morgan fingerprint density at radius 3 is 1.90 bits per heavy atom. The van der Waals surface area contributed by atoms with Gasteiger partial charge in [-0.05, 0) is 54.7 Å². The van der Waals surface area contributed by atoms with Crippen molar-refractivity contribution in [2.24, 2.45) is 0 Å².